The maximum Gasteiger partial charge on any atom is 0.194 e. The smallest absolute Gasteiger partial charge is 0.194 e. The van der Waals surface area contributed by atoms with E-state index in [0.29, 0.717) is 27.8 Å². The van der Waals surface area contributed by atoms with Crippen molar-refractivity contribution in [3.05, 3.63) is 101 Å². The monoisotopic (exact) mass is 370 g/mol. The minimum Gasteiger partial charge on any atom is -0.392 e. The Balaban J connectivity index is 1.79. The average molecular weight is 370 g/mol. The van der Waals surface area contributed by atoms with E-state index >= 15 is 0 Å². The summed E-state index contributed by atoms with van der Waals surface area (Å²) in [6.45, 7) is -0.126. The normalized spacial score (nSPS) is 13.3. The van der Waals surface area contributed by atoms with E-state index in [2.05, 4.69) is 0 Å². The van der Waals surface area contributed by atoms with Gasteiger partial charge in [0.1, 0.15) is 0 Å². The molecule has 1 aliphatic rings. The van der Waals surface area contributed by atoms with Gasteiger partial charge < -0.3 is 10.2 Å². The van der Waals surface area contributed by atoms with Gasteiger partial charge in [-0.15, -0.1) is 0 Å². The summed E-state index contributed by atoms with van der Waals surface area (Å²) in [5.74, 6) is -0.405. The lowest BCUT2D eigenvalue weighted by molar-refractivity contribution is 0.100. The number of hydrogen-bond acceptors (Lipinski definition) is 4. The van der Waals surface area contributed by atoms with Crippen molar-refractivity contribution < 1.29 is 19.8 Å². The zero-order valence-electron chi connectivity index (χ0n) is 15.1. The van der Waals surface area contributed by atoms with Gasteiger partial charge in [-0.05, 0) is 33.9 Å². The van der Waals surface area contributed by atoms with Crippen LogP contribution in [0, 0.1) is 0 Å². The van der Waals surface area contributed by atoms with Crippen molar-refractivity contribution in [1.29, 1.82) is 0 Å². The number of carbonyl (C=O) groups excluding carboxylic acids is 2. The number of hydrogen-bond donors (Lipinski definition) is 2. The molecule has 3 aromatic carbocycles. The Morgan fingerprint density at radius 2 is 1.18 bits per heavy atom. The number of rotatable bonds is 4. The number of aliphatic hydroxyl groups excluding tert-OH is 2. The average Bonchev–Trinajstić information content (AvgIpc) is 2.76. The molecule has 138 valence electrons. The number of benzene rings is 3. The molecule has 0 amide bonds. The van der Waals surface area contributed by atoms with E-state index in [1.165, 1.54) is 6.08 Å². The van der Waals surface area contributed by atoms with Crippen molar-refractivity contribution in [2.24, 2.45) is 0 Å². The van der Waals surface area contributed by atoms with E-state index < -0.39 is 0 Å². The van der Waals surface area contributed by atoms with Gasteiger partial charge in [-0.1, -0.05) is 66.7 Å². The molecule has 0 heterocycles. The van der Waals surface area contributed by atoms with Gasteiger partial charge in [-0.25, -0.2) is 0 Å². The Morgan fingerprint density at radius 1 is 0.643 bits per heavy atom. The lowest BCUT2D eigenvalue weighted by Gasteiger charge is -2.19. The zero-order chi connectivity index (χ0) is 19.7. The molecule has 0 atom stereocenters. The van der Waals surface area contributed by atoms with Crippen LogP contribution in [0.4, 0.5) is 0 Å². The molecule has 28 heavy (non-hydrogen) atoms. The standard InChI is InChI=1S/C24H18O4/c25-13-15-4-8-17(9-5-15)19-2-1-3-20-23(19)22(27)12-21(24(20)28)18-10-6-16(14-26)7-11-18/h1-12,25-26H,13-14H2. The largest absolute Gasteiger partial charge is 0.392 e. The van der Waals surface area contributed by atoms with Crippen LogP contribution >= 0.6 is 0 Å². The van der Waals surface area contributed by atoms with E-state index in [4.69, 9.17) is 0 Å². The molecule has 4 heteroatoms. The van der Waals surface area contributed by atoms with Gasteiger partial charge in [0.05, 0.1) is 13.2 Å². The first-order valence-electron chi connectivity index (χ1n) is 8.96. The summed E-state index contributed by atoms with van der Waals surface area (Å²) in [6, 6.07) is 19.5. The number of allylic oxidation sites excluding steroid dienone is 2. The quantitative estimate of drug-likeness (QED) is 0.733. The van der Waals surface area contributed by atoms with E-state index in [-0.39, 0.29) is 24.8 Å². The highest BCUT2D eigenvalue weighted by molar-refractivity contribution is 6.39. The van der Waals surface area contributed by atoms with E-state index in [1.54, 1.807) is 48.5 Å². The molecule has 4 rings (SSSR count). The van der Waals surface area contributed by atoms with E-state index in [9.17, 15) is 19.8 Å². The Kier molecular flexibility index (Phi) is 4.74. The van der Waals surface area contributed by atoms with Gasteiger partial charge in [0.2, 0.25) is 0 Å². The molecular formula is C24H18O4. The van der Waals surface area contributed by atoms with Crippen LogP contribution in [-0.2, 0) is 13.2 Å². The van der Waals surface area contributed by atoms with E-state index in [0.717, 1.165) is 16.7 Å². The first-order valence-corrected chi connectivity index (χ1v) is 8.96. The summed E-state index contributed by atoms with van der Waals surface area (Å²) < 4.78 is 0. The molecule has 2 N–H and O–H groups in total. The van der Waals surface area contributed by atoms with Crippen molar-refractivity contribution in [3.63, 3.8) is 0 Å². The molecule has 0 bridgehead atoms. The lowest BCUT2D eigenvalue weighted by Crippen LogP contribution is -2.17. The minimum absolute atomic E-state index is 0.0498. The second-order valence-corrected chi connectivity index (χ2v) is 6.69. The Hall–Kier alpha value is -3.34. The molecule has 0 aliphatic heterocycles. The van der Waals surface area contributed by atoms with Gasteiger partial charge >= 0.3 is 0 Å². The van der Waals surface area contributed by atoms with Crippen molar-refractivity contribution in [1.82, 2.24) is 0 Å². The minimum atomic E-state index is -0.210. The molecule has 4 nitrogen and oxygen atoms in total. The molecule has 0 aromatic heterocycles. The van der Waals surface area contributed by atoms with Crippen molar-refractivity contribution in [3.8, 4) is 11.1 Å². The topological polar surface area (TPSA) is 74.6 Å². The maximum absolute atomic E-state index is 13.1. The van der Waals surface area contributed by atoms with Crippen LogP contribution < -0.4 is 0 Å². The number of Topliss-reactive ketones (excluding diaryl/α,β-unsaturated/α-hetero) is 1. The van der Waals surface area contributed by atoms with Crippen LogP contribution in [-0.4, -0.2) is 21.8 Å². The predicted octanol–water partition coefficient (Wildman–Crippen LogP) is 3.80. The second kappa shape index (κ2) is 7.35. The Bertz CT molecular complexity index is 1090. The van der Waals surface area contributed by atoms with Gasteiger partial charge in [-0.2, -0.15) is 0 Å². The summed E-state index contributed by atoms with van der Waals surface area (Å²) in [4.78, 5) is 26.0. The van der Waals surface area contributed by atoms with Crippen molar-refractivity contribution in [2.75, 3.05) is 0 Å². The van der Waals surface area contributed by atoms with Crippen LogP contribution in [0.2, 0.25) is 0 Å². The maximum atomic E-state index is 13.1. The van der Waals surface area contributed by atoms with Crippen molar-refractivity contribution >= 4 is 17.1 Å². The van der Waals surface area contributed by atoms with Gasteiger partial charge in [-0.3, -0.25) is 9.59 Å². The number of carbonyl (C=O) groups is 2. The van der Waals surface area contributed by atoms with Crippen LogP contribution in [0.1, 0.15) is 37.4 Å². The third kappa shape index (κ3) is 3.09. The number of fused-ring (bicyclic) bond motifs is 1. The summed E-state index contributed by atoms with van der Waals surface area (Å²) in [5, 5.41) is 18.4. The second-order valence-electron chi connectivity index (χ2n) is 6.69. The lowest BCUT2D eigenvalue weighted by atomic mass is 9.82. The van der Waals surface area contributed by atoms with Gasteiger partial charge in [0, 0.05) is 16.7 Å². The molecule has 0 saturated carbocycles. The Morgan fingerprint density at radius 3 is 1.75 bits per heavy atom. The highest BCUT2D eigenvalue weighted by Gasteiger charge is 2.28. The molecule has 0 fully saturated rings. The van der Waals surface area contributed by atoms with Crippen molar-refractivity contribution in [2.45, 2.75) is 13.2 Å². The fourth-order valence-corrected chi connectivity index (χ4v) is 3.46. The van der Waals surface area contributed by atoms with Crippen LogP contribution in [0.15, 0.2) is 72.8 Å². The molecule has 0 unspecified atom stereocenters. The third-order valence-electron chi connectivity index (χ3n) is 4.97. The molecule has 3 aromatic rings. The molecular weight excluding hydrogens is 352 g/mol. The zero-order valence-corrected chi connectivity index (χ0v) is 15.1. The first-order chi connectivity index (χ1) is 13.6. The van der Waals surface area contributed by atoms with Crippen LogP contribution in [0.5, 0.6) is 0 Å². The van der Waals surface area contributed by atoms with Gasteiger partial charge in [0.25, 0.3) is 0 Å². The van der Waals surface area contributed by atoms with Crippen LogP contribution in [0.25, 0.3) is 16.7 Å². The molecule has 0 saturated heterocycles. The number of aliphatic hydroxyl groups is 2. The van der Waals surface area contributed by atoms with E-state index in [1.807, 2.05) is 18.2 Å². The van der Waals surface area contributed by atoms with Crippen LogP contribution in [0.3, 0.4) is 0 Å². The first kappa shape index (κ1) is 18.0. The third-order valence-corrected chi connectivity index (χ3v) is 4.97. The molecule has 0 radical (unpaired) electrons. The SMILES string of the molecule is O=C1C(c2ccc(CO)cc2)=CC(=O)c2c1cccc2-c1ccc(CO)cc1. The molecule has 0 spiro atoms. The molecule has 1 aliphatic carbocycles. The highest BCUT2D eigenvalue weighted by atomic mass is 16.3. The predicted molar refractivity (Wildman–Crippen MR) is 107 cm³/mol. The summed E-state index contributed by atoms with van der Waals surface area (Å²) in [6.07, 6.45) is 1.39. The summed E-state index contributed by atoms with van der Waals surface area (Å²) in [5.41, 5.74) is 4.84. The Labute approximate surface area is 162 Å². The summed E-state index contributed by atoms with van der Waals surface area (Å²) in [7, 11) is 0. The van der Waals surface area contributed by atoms with Gasteiger partial charge in [0.15, 0.2) is 11.6 Å². The fourth-order valence-electron chi connectivity index (χ4n) is 3.46. The summed E-state index contributed by atoms with van der Waals surface area (Å²) >= 11 is 0. The fraction of sp³-hybridized carbons (Fsp3) is 0.0833. The highest BCUT2D eigenvalue weighted by Crippen LogP contribution is 2.34. The number of ketones is 2.